The first-order valence-electron chi connectivity index (χ1n) is 5.42. The van der Waals surface area contributed by atoms with Gasteiger partial charge in [-0.15, -0.1) is 0 Å². The zero-order valence-corrected chi connectivity index (χ0v) is 10.8. The van der Waals surface area contributed by atoms with Gasteiger partial charge in [-0.2, -0.15) is 5.26 Å². The lowest BCUT2D eigenvalue weighted by Gasteiger charge is -2.22. The van der Waals surface area contributed by atoms with E-state index in [1.54, 1.807) is 6.20 Å². The molecule has 0 atom stereocenters. The van der Waals surface area contributed by atoms with Crippen molar-refractivity contribution in [2.45, 2.75) is 26.2 Å². The highest BCUT2D eigenvalue weighted by atomic mass is 35.5. The number of hydrogen-bond donors (Lipinski definition) is 0. The zero-order valence-electron chi connectivity index (χ0n) is 10.1. The Bertz CT molecular complexity index is 618. The molecule has 0 saturated heterocycles. The van der Waals surface area contributed by atoms with E-state index in [2.05, 4.69) is 31.8 Å². The van der Waals surface area contributed by atoms with E-state index in [4.69, 9.17) is 11.6 Å². The summed E-state index contributed by atoms with van der Waals surface area (Å²) in [6.45, 7) is 6.28. The smallest absolute Gasteiger partial charge is 0.101 e. The second-order valence-corrected chi connectivity index (χ2v) is 5.51. The van der Waals surface area contributed by atoms with Crippen LogP contribution < -0.4 is 0 Å². The quantitative estimate of drug-likeness (QED) is 0.701. The maximum absolute atomic E-state index is 9.18. The van der Waals surface area contributed by atoms with Gasteiger partial charge in [-0.1, -0.05) is 38.4 Å². The van der Waals surface area contributed by atoms with E-state index in [0.717, 1.165) is 16.5 Å². The summed E-state index contributed by atoms with van der Waals surface area (Å²) in [7, 11) is 0. The van der Waals surface area contributed by atoms with Crippen LogP contribution in [0.1, 0.15) is 31.9 Å². The van der Waals surface area contributed by atoms with Gasteiger partial charge in [0.25, 0.3) is 0 Å². The van der Waals surface area contributed by atoms with Crippen molar-refractivity contribution in [3.63, 3.8) is 0 Å². The molecule has 0 aliphatic carbocycles. The molecule has 0 amide bonds. The van der Waals surface area contributed by atoms with Gasteiger partial charge in [-0.05, 0) is 23.1 Å². The molecule has 0 saturated carbocycles. The summed E-state index contributed by atoms with van der Waals surface area (Å²) in [5.41, 5.74) is 2.40. The van der Waals surface area contributed by atoms with E-state index >= 15 is 0 Å². The highest BCUT2D eigenvalue weighted by molar-refractivity contribution is 6.31. The normalized spacial score (nSPS) is 11.5. The van der Waals surface area contributed by atoms with E-state index < -0.39 is 0 Å². The molecule has 0 spiro atoms. The highest BCUT2D eigenvalue weighted by Crippen LogP contribution is 2.32. The van der Waals surface area contributed by atoms with Gasteiger partial charge in [0.2, 0.25) is 0 Å². The van der Waals surface area contributed by atoms with Crippen LogP contribution in [0.15, 0.2) is 24.4 Å². The van der Waals surface area contributed by atoms with Crippen LogP contribution in [0.4, 0.5) is 0 Å². The molecule has 17 heavy (non-hydrogen) atoms. The molecule has 1 heterocycles. The molecule has 2 rings (SSSR count). The minimum Gasteiger partial charge on any atom is -0.255 e. The van der Waals surface area contributed by atoms with Crippen LogP contribution in [0.25, 0.3) is 10.9 Å². The van der Waals surface area contributed by atoms with Crippen molar-refractivity contribution in [1.29, 1.82) is 5.26 Å². The molecule has 0 fully saturated rings. The predicted octanol–water partition coefficient (Wildman–Crippen LogP) is 4.06. The molecule has 0 aliphatic rings. The van der Waals surface area contributed by atoms with Gasteiger partial charge >= 0.3 is 0 Å². The third-order valence-corrected chi connectivity index (χ3v) is 2.94. The molecule has 1 aromatic carbocycles. The van der Waals surface area contributed by atoms with Gasteiger partial charge in [0.05, 0.1) is 11.1 Å². The Kier molecular flexibility index (Phi) is 2.81. The zero-order chi connectivity index (χ0) is 12.6. The summed E-state index contributed by atoms with van der Waals surface area (Å²) in [6.07, 6.45) is 1.62. The van der Waals surface area contributed by atoms with E-state index in [-0.39, 0.29) is 5.41 Å². The first-order chi connectivity index (χ1) is 7.93. The predicted molar refractivity (Wildman–Crippen MR) is 70.2 cm³/mol. The Morgan fingerprint density at radius 1 is 1.29 bits per heavy atom. The third kappa shape index (κ3) is 2.11. The summed E-state index contributed by atoms with van der Waals surface area (Å²) in [5.74, 6) is 0. The standard InChI is InChI=1S/C14H13ClN2/c1-14(2,3)13-9(7-16)8-17-12-6-10(15)4-5-11(12)13/h4-6,8H,1-3H3. The Morgan fingerprint density at radius 2 is 2.00 bits per heavy atom. The molecule has 0 N–H and O–H groups in total. The Hall–Kier alpha value is -1.59. The minimum atomic E-state index is -0.0971. The number of fused-ring (bicyclic) bond motifs is 1. The number of pyridine rings is 1. The number of benzene rings is 1. The topological polar surface area (TPSA) is 36.7 Å². The molecule has 2 aromatic rings. The largest absolute Gasteiger partial charge is 0.255 e. The molecule has 3 heteroatoms. The molecule has 0 aliphatic heterocycles. The first kappa shape index (κ1) is 11.9. The molecule has 2 nitrogen and oxygen atoms in total. The SMILES string of the molecule is CC(C)(C)c1c(C#N)cnc2cc(Cl)ccc12. The Morgan fingerprint density at radius 3 is 2.59 bits per heavy atom. The summed E-state index contributed by atoms with van der Waals surface area (Å²) < 4.78 is 0. The van der Waals surface area contributed by atoms with E-state index in [0.29, 0.717) is 10.6 Å². The number of rotatable bonds is 0. The van der Waals surface area contributed by atoms with Gasteiger partial charge in [-0.3, -0.25) is 4.98 Å². The van der Waals surface area contributed by atoms with Crippen LogP contribution in [-0.4, -0.2) is 4.98 Å². The molecule has 0 bridgehead atoms. The van der Waals surface area contributed by atoms with E-state index in [1.165, 1.54) is 0 Å². The third-order valence-electron chi connectivity index (χ3n) is 2.70. The van der Waals surface area contributed by atoms with E-state index in [9.17, 15) is 5.26 Å². The van der Waals surface area contributed by atoms with Crippen molar-refractivity contribution in [1.82, 2.24) is 4.98 Å². The molecule has 0 radical (unpaired) electrons. The minimum absolute atomic E-state index is 0.0971. The average molecular weight is 245 g/mol. The number of aromatic nitrogens is 1. The van der Waals surface area contributed by atoms with E-state index in [1.807, 2.05) is 18.2 Å². The van der Waals surface area contributed by atoms with Gasteiger partial charge in [0.1, 0.15) is 6.07 Å². The second-order valence-electron chi connectivity index (χ2n) is 5.07. The van der Waals surface area contributed by atoms with Gasteiger partial charge in [-0.25, -0.2) is 0 Å². The second kappa shape index (κ2) is 4.01. The molecule has 86 valence electrons. The fourth-order valence-corrected chi connectivity index (χ4v) is 2.23. The Balaban J connectivity index is 2.90. The summed E-state index contributed by atoms with van der Waals surface area (Å²) in [6, 6.07) is 7.81. The van der Waals surface area contributed by atoms with Crippen molar-refractivity contribution in [2.24, 2.45) is 0 Å². The molecular formula is C14H13ClN2. The molecule has 1 aromatic heterocycles. The maximum Gasteiger partial charge on any atom is 0.101 e. The fourth-order valence-electron chi connectivity index (χ4n) is 2.06. The molecular weight excluding hydrogens is 232 g/mol. The fraction of sp³-hybridized carbons (Fsp3) is 0.286. The van der Waals surface area contributed by atoms with Gasteiger partial charge in [0.15, 0.2) is 0 Å². The number of nitriles is 1. The maximum atomic E-state index is 9.18. The monoisotopic (exact) mass is 244 g/mol. The van der Waals surface area contributed by atoms with Crippen LogP contribution in [0.2, 0.25) is 5.02 Å². The summed E-state index contributed by atoms with van der Waals surface area (Å²) in [4.78, 5) is 4.28. The van der Waals surface area contributed by atoms with Crippen LogP contribution in [0, 0.1) is 11.3 Å². The van der Waals surface area contributed by atoms with Crippen LogP contribution in [-0.2, 0) is 5.41 Å². The lowest BCUT2D eigenvalue weighted by molar-refractivity contribution is 0.593. The van der Waals surface area contributed by atoms with Crippen LogP contribution in [0.5, 0.6) is 0 Å². The van der Waals surface area contributed by atoms with Crippen molar-refractivity contribution in [3.05, 3.63) is 40.5 Å². The van der Waals surface area contributed by atoms with Crippen molar-refractivity contribution < 1.29 is 0 Å². The molecule has 0 unspecified atom stereocenters. The van der Waals surface area contributed by atoms with Crippen molar-refractivity contribution >= 4 is 22.5 Å². The first-order valence-corrected chi connectivity index (χ1v) is 5.80. The van der Waals surface area contributed by atoms with Crippen molar-refractivity contribution in [2.75, 3.05) is 0 Å². The average Bonchev–Trinajstić information content (AvgIpc) is 2.25. The number of nitrogens with zero attached hydrogens (tertiary/aromatic N) is 2. The summed E-state index contributed by atoms with van der Waals surface area (Å²) in [5, 5.41) is 10.8. The van der Waals surface area contributed by atoms with Crippen molar-refractivity contribution in [3.8, 4) is 6.07 Å². The van der Waals surface area contributed by atoms with Gasteiger partial charge < -0.3 is 0 Å². The van der Waals surface area contributed by atoms with Crippen LogP contribution >= 0.6 is 11.6 Å². The lowest BCUT2D eigenvalue weighted by atomic mass is 9.82. The van der Waals surface area contributed by atoms with Crippen LogP contribution in [0.3, 0.4) is 0 Å². The highest BCUT2D eigenvalue weighted by Gasteiger charge is 2.21. The number of hydrogen-bond acceptors (Lipinski definition) is 2. The number of halogens is 1. The Labute approximate surface area is 106 Å². The van der Waals surface area contributed by atoms with Gasteiger partial charge in [0, 0.05) is 16.6 Å². The summed E-state index contributed by atoms with van der Waals surface area (Å²) >= 11 is 5.95. The lowest BCUT2D eigenvalue weighted by Crippen LogP contribution is -2.14.